The monoisotopic (exact) mass is 205 g/mol. The molecule has 0 saturated carbocycles. The maximum absolute atomic E-state index is 8.55. The zero-order valence-corrected chi connectivity index (χ0v) is 7.86. The summed E-state index contributed by atoms with van der Waals surface area (Å²) in [6.07, 6.45) is 0. The fraction of sp³-hybridized carbons (Fsp3) is 0.250. The second-order valence-electron chi connectivity index (χ2n) is 2.25. The minimum Gasteiger partial charge on any atom is -0.395 e. The van der Waals surface area contributed by atoms with Gasteiger partial charge in [-0.1, -0.05) is 29.3 Å². The molecule has 0 fully saturated rings. The Balaban J connectivity index is 2.78. The highest BCUT2D eigenvalue weighted by atomic mass is 35.5. The number of aliphatic hydroxyl groups is 1. The van der Waals surface area contributed by atoms with E-state index in [0.717, 1.165) is 5.69 Å². The largest absolute Gasteiger partial charge is 0.395 e. The highest BCUT2D eigenvalue weighted by Crippen LogP contribution is 2.29. The van der Waals surface area contributed by atoms with Gasteiger partial charge in [0.2, 0.25) is 0 Å². The Morgan fingerprint density at radius 2 is 2.08 bits per heavy atom. The predicted octanol–water partition coefficient (Wildman–Crippen LogP) is 2.40. The first-order chi connectivity index (χ1) is 5.75. The molecule has 0 aromatic heterocycles. The molecule has 0 spiro atoms. The maximum atomic E-state index is 8.55. The Morgan fingerprint density at radius 1 is 1.33 bits per heavy atom. The van der Waals surface area contributed by atoms with Gasteiger partial charge in [-0.2, -0.15) is 0 Å². The van der Waals surface area contributed by atoms with Crippen molar-refractivity contribution in [3.05, 3.63) is 28.2 Å². The number of aliphatic hydroxyl groups excluding tert-OH is 1. The van der Waals surface area contributed by atoms with E-state index in [9.17, 15) is 0 Å². The van der Waals surface area contributed by atoms with E-state index in [1.807, 2.05) is 6.07 Å². The molecular weight excluding hydrogens is 197 g/mol. The fourth-order valence-electron chi connectivity index (χ4n) is 0.831. The quantitative estimate of drug-likeness (QED) is 0.795. The Kier molecular flexibility index (Phi) is 3.66. The smallest absolute Gasteiger partial charge is 0.0823 e. The molecule has 0 saturated heterocycles. The third-order valence-electron chi connectivity index (χ3n) is 1.38. The zero-order chi connectivity index (χ0) is 8.97. The van der Waals surface area contributed by atoms with Crippen molar-refractivity contribution in [2.75, 3.05) is 18.5 Å². The van der Waals surface area contributed by atoms with Crippen LogP contribution in [-0.2, 0) is 0 Å². The van der Waals surface area contributed by atoms with Crippen molar-refractivity contribution in [1.29, 1.82) is 0 Å². The minimum absolute atomic E-state index is 0.0723. The van der Waals surface area contributed by atoms with E-state index in [4.69, 9.17) is 28.3 Å². The lowest BCUT2D eigenvalue weighted by Crippen LogP contribution is -2.05. The van der Waals surface area contributed by atoms with E-state index in [2.05, 4.69) is 5.32 Å². The Hall–Kier alpha value is -0.440. The van der Waals surface area contributed by atoms with E-state index in [1.54, 1.807) is 12.1 Å². The molecule has 0 aliphatic carbocycles. The number of hydrogen-bond donors (Lipinski definition) is 2. The predicted molar refractivity (Wildman–Crippen MR) is 52.0 cm³/mol. The first-order valence-electron chi connectivity index (χ1n) is 3.54. The number of halogens is 2. The van der Waals surface area contributed by atoms with Crippen LogP contribution in [0, 0.1) is 0 Å². The average molecular weight is 206 g/mol. The third kappa shape index (κ3) is 2.27. The molecule has 1 rings (SSSR count). The van der Waals surface area contributed by atoms with Crippen LogP contribution in [0.3, 0.4) is 0 Å². The number of benzene rings is 1. The number of nitrogens with one attached hydrogen (secondary N) is 1. The first kappa shape index (κ1) is 9.65. The molecule has 0 aliphatic rings. The Morgan fingerprint density at radius 3 is 2.75 bits per heavy atom. The summed E-state index contributed by atoms with van der Waals surface area (Å²) in [5.41, 5.74) is 0.748. The SMILES string of the molecule is OCCNc1cccc(Cl)c1Cl. The van der Waals surface area contributed by atoms with Crippen LogP contribution in [0.25, 0.3) is 0 Å². The van der Waals surface area contributed by atoms with Gasteiger partial charge in [0, 0.05) is 6.54 Å². The molecule has 4 heteroatoms. The van der Waals surface area contributed by atoms with Crippen molar-refractivity contribution >= 4 is 28.9 Å². The van der Waals surface area contributed by atoms with Gasteiger partial charge >= 0.3 is 0 Å². The van der Waals surface area contributed by atoms with Crippen LogP contribution in [-0.4, -0.2) is 18.3 Å². The highest BCUT2D eigenvalue weighted by Gasteiger charge is 2.01. The lowest BCUT2D eigenvalue weighted by Gasteiger charge is -2.06. The molecule has 2 nitrogen and oxygen atoms in total. The maximum Gasteiger partial charge on any atom is 0.0823 e. The van der Waals surface area contributed by atoms with Gasteiger partial charge in [-0.3, -0.25) is 0 Å². The molecule has 0 unspecified atom stereocenters. The molecule has 2 N–H and O–H groups in total. The van der Waals surface area contributed by atoms with Crippen molar-refractivity contribution in [2.45, 2.75) is 0 Å². The normalized spacial score (nSPS) is 9.92. The van der Waals surface area contributed by atoms with Gasteiger partial charge in [-0.15, -0.1) is 0 Å². The molecule has 0 radical (unpaired) electrons. The summed E-state index contributed by atoms with van der Waals surface area (Å²) in [7, 11) is 0. The number of hydrogen-bond acceptors (Lipinski definition) is 2. The van der Waals surface area contributed by atoms with E-state index in [0.29, 0.717) is 16.6 Å². The van der Waals surface area contributed by atoms with Crippen LogP contribution in [0.5, 0.6) is 0 Å². The molecule has 12 heavy (non-hydrogen) atoms. The topological polar surface area (TPSA) is 32.3 Å². The van der Waals surface area contributed by atoms with E-state index < -0.39 is 0 Å². The van der Waals surface area contributed by atoms with E-state index in [-0.39, 0.29) is 6.61 Å². The van der Waals surface area contributed by atoms with Gasteiger partial charge in [0.15, 0.2) is 0 Å². The summed E-state index contributed by atoms with van der Waals surface area (Å²) in [6, 6.07) is 5.33. The van der Waals surface area contributed by atoms with Crippen molar-refractivity contribution < 1.29 is 5.11 Å². The standard InChI is InChI=1S/C8H9Cl2NO/c9-6-2-1-3-7(8(6)10)11-4-5-12/h1-3,11-12H,4-5H2. The van der Waals surface area contributed by atoms with Gasteiger partial charge in [-0.25, -0.2) is 0 Å². The molecule has 66 valence electrons. The lowest BCUT2D eigenvalue weighted by molar-refractivity contribution is 0.311. The summed E-state index contributed by atoms with van der Waals surface area (Å²) < 4.78 is 0. The van der Waals surface area contributed by atoms with Crippen LogP contribution in [0.15, 0.2) is 18.2 Å². The molecule has 0 bridgehead atoms. The highest BCUT2D eigenvalue weighted by molar-refractivity contribution is 6.43. The molecule has 1 aromatic rings. The van der Waals surface area contributed by atoms with Crippen LogP contribution in [0.1, 0.15) is 0 Å². The minimum atomic E-state index is 0.0723. The summed E-state index contributed by atoms with van der Waals surface area (Å²) in [4.78, 5) is 0. The van der Waals surface area contributed by atoms with Gasteiger partial charge < -0.3 is 10.4 Å². The number of rotatable bonds is 3. The van der Waals surface area contributed by atoms with Gasteiger partial charge in [0.05, 0.1) is 22.3 Å². The summed E-state index contributed by atoms with van der Waals surface area (Å²) in [5, 5.41) is 12.5. The Bertz CT molecular complexity index is 265. The van der Waals surface area contributed by atoms with Crippen LogP contribution < -0.4 is 5.32 Å². The lowest BCUT2D eigenvalue weighted by atomic mass is 10.3. The zero-order valence-electron chi connectivity index (χ0n) is 6.35. The molecule has 0 amide bonds. The second kappa shape index (κ2) is 4.55. The first-order valence-corrected chi connectivity index (χ1v) is 4.30. The van der Waals surface area contributed by atoms with Crippen LogP contribution >= 0.6 is 23.2 Å². The molecule has 0 heterocycles. The summed E-state index contributed by atoms with van der Waals surface area (Å²) >= 11 is 11.6. The van der Waals surface area contributed by atoms with Crippen molar-refractivity contribution in [3.63, 3.8) is 0 Å². The molecule has 1 aromatic carbocycles. The van der Waals surface area contributed by atoms with Gasteiger partial charge in [0.1, 0.15) is 0 Å². The van der Waals surface area contributed by atoms with Crippen molar-refractivity contribution in [3.8, 4) is 0 Å². The summed E-state index contributed by atoms with van der Waals surface area (Å²) in [5.74, 6) is 0. The molecule has 0 aliphatic heterocycles. The number of anilines is 1. The van der Waals surface area contributed by atoms with E-state index in [1.165, 1.54) is 0 Å². The van der Waals surface area contributed by atoms with Crippen molar-refractivity contribution in [2.24, 2.45) is 0 Å². The average Bonchev–Trinajstić information content (AvgIpc) is 2.08. The molecular formula is C8H9Cl2NO. The van der Waals surface area contributed by atoms with Crippen LogP contribution in [0.2, 0.25) is 10.0 Å². The van der Waals surface area contributed by atoms with Gasteiger partial charge in [0.25, 0.3) is 0 Å². The summed E-state index contributed by atoms with van der Waals surface area (Å²) in [6.45, 7) is 0.545. The Labute approximate surface area is 81.1 Å². The fourth-order valence-corrected chi connectivity index (χ4v) is 1.20. The van der Waals surface area contributed by atoms with Crippen molar-refractivity contribution in [1.82, 2.24) is 0 Å². The second-order valence-corrected chi connectivity index (χ2v) is 3.04. The van der Waals surface area contributed by atoms with E-state index >= 15 is 0 Å². The molecule has 0 atom stereocenters. The van der Waals surface area contributed by atoms with Gasteiger partial charge in [-0.05, 0) is 12.1 Å². The van der Waals surface area contributed by atoms with Crippen LogP contribution in [0.4, 0.5) is 5.69 Å². The third-order valence-corrected chi connectivity index (χ3v) is 2.20.